The van der Waals surface area contributed by atoms with Crippen molar-refractivity contribution in [3.05, 3.63) is 24.3 Å². The number of nitrogens with one attached hydrogen (secondary N) is 1. The maximum absolute atomic E-state index is 12.3. The van der Waals surface area contributed by atoms with Gasteiger partial charge in [0.2, 0.25) is 10.0 Å². The number of rotatable bonds is 5. The summed E-state index contributed by atoms with van der Waals surface area (Å²) < 4.78 is 32.8. The van der Waals surface area contributed by atoms with Gasteiger partial charge in [-0.3, -0.25) is 0 Å². The highest BCUT2D eigenvalue weighted by Gasteiger charge is 2.21. The minimum atomic E-state index is -3.44. The summed E-state index contributed by atoms with van der Waals surface area (Å²) >= 11 is 0. The average molecular weight is 307 g/mol. The summed E-state index contributed by atoms with van der Waals surface area (Å²) in [5.74, 6) is 6.15. The molecule has 1 aromatic carbocycles. The molecule has 0 aromatic heterocycles. The van der Waals surface area contributed by atoms with Gasteiger partial charge in [-0.15, -0.1) is 5.92 Å². The van der Waals surface area contributed by atoms with Crippen LogP contribution in [0, 0.1) is 11.8 Å². The number of benzene rings is 1. The molecule has 0 bridgehead atoms. The van der Waals surface area contributed by atoms with Gasteiger partial charge in [0.05, 0.1) is 4.90 Å². The molecular formula is C16H21NO3S. The largest absolute Gasteiger partial charge is 0.481 e. The first kappa shape index (κ1) is 15.9. The quantitative estimate of drug-likeness (QED) is 0.851. The Morgan fingerprint density at radius 1 is 1.19 bits per heavy atom. The van der Waals surface area contributed by atoms with Gasteiger partial charge in [-0.05, 0) is 44.0 Å². The molecule has 2 rings (SSSR count). The van der Waals surface area contributed by atoms with Crippen LogP contribution in [0.1, 0.15) is 39.0 Å². The Morgan fingerprint density at radius 2 is 1.86 bits per heavy atom. The van der Waals surface area contributed by atoms with Crippen LogP contribution in [0.2, 0.25) is 0 Å². The summed E-state index contributed by atoms with van der Waals surface area (Å²) in [6, 6.07) is 6.53. The lowest BCUT2D eigenvalue weighted by molar-refractivity contribution is 0.370. The van der Waals surface area contributed by atoms with Gasteiger partial charge >= 0.3 is 0 Å². The van der Waals surface area contributed by atoms with E-state index in [1.54, 1.807) is 31.2 Å². The molecule has 0 saturated heterocycles. The smallest absolute Gasteiger partial charge is 0.240 e. The van der Waals surface area contributed by atoms with E-state index < -0.39 is 10.0 Å². The van der Waals surface area contributed by atoms with E-state index in [9.17, 15) is 8.42 Å². The molecule has 0 heterocycles. The van der Waals surface area contributed by atoms with Gasteiger partial charge in [0.15, 0.2) is 0 Å². The second-order valence-electron chi connectivity index (χ2n) is 5.14. The molecule has 1 aliphatic carbocycles. The number of sulfonamides is 1. The lowest BCUT2D eigenvalue weighted by Gasteiger charge is -2.22. The van der Waals surface area contributed by atoms with Crippen molar-refractivity contribution in [2.75, 3.05) is 6.61 Å². The molecule has 0 amide bonds. The fraction of sp³-hybridized carbons (Fsp3) is 0.500. The summed E-state index contributed by atoms with van der Waals surface area (Å²) in [5, 5.41) is 0. The van der Waals surface area contributed by atoms with Gasteiger partial charge in [-0.25, -0.2) is 13.1 Å². The van der Waals surface area contributed by atoms with Crippen LogP contribution in [0.4, 0.5) is 0 Å². The third-order valence-corrected chi connectivity index (χ3v) is 5.09. The minimum Gasteiger partial charge on any atom is -0.481 e. The zero-order chi connectivity index (χ0) is 15.1. The van der Waals surface area contributed by atoms with Crippen LogP contribution in [0.15, 0.2) is 29.2 Å². The average Bonchev–Trinajstić information content (AvgIpc) is 2.49. The highest BCUT2D eigenvalue weighted by molar-refractivity contribution is 7.89. The molecule has 21 heavy (non-hydrogen) atoms. The van der Waals surface area contributed by atoms with Crippen molar-refractivity contribution in [2.24, 2.45) is 0 Å². The molecule has 0 radical (unpaired) electrons. The van der Waals surface area contributed by atoms with E-state index in [-0.39, 0.29) is 10.9 Å². The van der Waals surface area contributed by atoms with Crippen LogP contribution in [0.5, 0.6) is 5.75 Å². The molecule has 4 nitrogen and oxygen atoms in total. The van der Waals surface area contributed by atoms with Gasteiger partial charge in [0.1, 0.15) is 12.4 Å². The summed E-state index contributed by atoms with van der Waals surface area (Å²) in [6.45, 7) is 2.05. The normalized spacial score (nSPS) is 16.0. The van der Waals surface area contributed by atoms with Crippen LogP contribution in [-0.2, 0) is 10.0 Å². The van der Waals surface area contributed by atoms with E-state index in [1.165, 1.54) is 6.42 Å². The fourth-order valence-corrected chi connectivity index (χ4v) is 3.72. The van der Waals surface area contributed by atoms with Crippen LogP contribution in [0.3, 0.4) is 0 Å². The molecule has 0 spiro atoms. The van der Waals surface area contributed by atoms with E-state index in [0.717, 1.165) is 25.7 Å². The first-order chi connectivity index (χ1) is 10.1. The maximum Gasteiger partial charge on any atom is 0.240 e. The van der Waals surface area contributed by atoms with Crippen molar-refractivity contribution in [1.82, 2.24) is 4.72 Å². The fourth-order valence-electron chi connectivity index (χ4n) is 2.41. The van der Waals surface area contributed by atoms with Crippen molar-refractivity contribution in [3.8, 4) is 17.6 Å². The molecule has 114 valence electrons. The van der Waals surface area contributed by atoms with E-state index in [2.05, 4.69) is 16.6 Å². The van der Waals surface area contributed by atoms with E-state index >= 15 is 0 Å². The van der Waals surface area contributed by atoms with Crippen molar-refractivity contribution in [1.29, 1.82) is 0 Å². The second-order valence-corrected chi connectivity index (χ2v) is 6.86. The van der Waals surface area contributed by atoms with Gasteiger partial charge in [-0.2, -0.15) is 0 Å². The van der Waals surface area contributed by atoms with E-state index in [4.69, 9.17) is 4.74 Å². The Balaban J connectivity index is 2.00. The molecule has 0 atom stereocenters. The lowest BCUT2D eigenvalue weighted by Crippen LogP contribution is -2.36. The molecule has 5 heteroatoms. The molecule has 1 aromatic rings. The zero-order valence-electron chi connectivity index (χ0n) is 12.3. The van der Waals surface area contributed by atoms with Crippen LogP contribution in [-0.4, -0.2) is 21.1 Å². The molecule has 1 aliphatic rings. The third-order valence-electron chi connectivity index (χ3n) is 3.55. The molecular weight excluding hydrogens is 286 g/mol. The van der Waals surface area contributed by atoms with Gasteiger partial charge < -0.3 is 4.74 Å². The maximum atomic E-state index is 12.3. The van der Waals surface area contributed by atoms with Crippen molar-refractivity contribution in [2.45, 2.75) is 50.0 Å². The van der Waals surface area contributed by atoms with Gasteiger partial charge in [-0.1, -0.05) is 25.2 Å². The first-order valence-corrected chi connectivity index (χ1v) is 8.75. The van der Waals surface area contributed by atoms with Crippen LogP contribution in [0.25, 0.3) is 0 Å². The summed E-state index contributed by atoms with van der Waals surface area (Å²) in [7, 11) is -3.44. The predicted molar refractivity (Wildman–Crippen MR) is 82.6 cm³/mol. The minimum absolute atomic E-state index is 0.0690. The first-order valence-electron chi connectivity index (χ1n) is 7.26. The Bertz CT molecular complexity index is 605. The van der Waals surface area contributed by atoms with Gasteiger partial charge in [0, 0.05) is 6.04 Å². The summed E-state index contributed by atoms with van der Waals surface area (Å²) in [5.41, 5.74) is 0. The number of hydrogen-bond donors (Lipinski definition) is 1. The molecule has 1 saturated carbocycles. The highest BCUT2D eigenvalue weighted by atomic mass is 32.2. The standard InChI is InChI=1S/C16H21NO3S/c1-2-3-13-20-15-9-11-16(12-10-15)21(18,19)17-14-7-5-4-6-8-14/h9-12,14,17H,4-8,13H2,1H3. The molecule has 1 N–H and O–H groups in total. The Labute approximate surface area is 126 Å². The van der Waals surface area contributed by atoms with Gasteiger partial charge in [0.25, 0.3) is 0 Å². The van der Waals surface area contributed by atoms with Crippen LogP contribution >= 0.6 is 0 Å². The van der Waals surface area contributed by atoms with Crippen LogP contribution < -0.4 is 9.46 Å². The van der Waals surface area contributed by atoms with Crippen molar-refractivity contribution >= 4 is 10.0 Å². The molecule has 1 fully saturated rings. The predicted octanol–water partition coefficient (Wildman–Crippen LogP) is 2.70. The Kier molecular flexibility index (Phi) is 5.66. The molecule has 0 aliphatic heterocycles. The van der Waals surface area contributed by atoms with E-state index in [1.807, 2.05) is 0 Å². The van der Waals surface area contributed by atoms with Crippen molar-refractivity contribution in [3.63, 3.8) is 0 Å². The lowest BCUT2D eigenvalue weighted by atomic mass is 9.96. The Morgan fingerprint density at radius 3 is 2.48 bits per heavy atom. The molecule has 0 unspecified atom stereocenters. The SMILES string of the molecule is CC#CCOc1ccc(S(=O)(=O)NC2CCCCC2)cc1. The number of hydrogen-bond acceptors (Lipinski definition) is 3. The Hall–Kier alpha value is -1.51. The number of ether oxygens (including phenoxy) is 1. The zero-order valence-corrected chi connectivity index (χ0v) is 13.1. The highest BCUT2D eigenvalue weighted by Crippen LogP contribution is 2.21. The van der Waals surface area contributed by atoms with E-state index in [0.29, 0.717) is 12.4 Å². The monoisotopic (exact) mass is 307 g/mol. The third kappa shape index (κ3) is 4.76. The topological polar surface area (TPSA) is 55.4 Å². The summed E-state index contributed by atoms with van der Waals surface area (Å²) in [4.78, 5) is 0.280. The summed E-state index contributed by atoms with van der Waals surface area (Å²) in [6.07, 6.45) is 5.24. The second kappa shape index (κ2) is 7.48. The van der Waals surface area contributed by atoms with Crippen molar-refractivity contribution < 1.29 is 13.2 Å².